The zero-order valence-corrected chi connectivity index (χ0v) is 23.5. The SMILES string of the molecule is CCCNC(=O)[C@@H](C)N(Cc1ccc(F)cc1)C(=O)CN(c1ccc(OC)c(Cl)c1)S(=O)(=O)c1ccccc1. The van der Waals surface area contributed by atoms with Crippen molar-refractivity contribution in [2.75, 3.05) is 24.5 Å². The number of ether oxygens (including phenoxy) is 1. The number of rotatable bonds is 12. The van der Waals surface area contributed by atoms with E-state index >= 15 is 0 Å². The molecule has 0 aliphatic rings. The standard InChI is InChI=1S/C28H31ClFN3O5S/c1-4-16-31-28(35)20(2)32(18-21-10-12-22(30)13-11-21)27(34)19-33(23-14-15-26(38-3)25(29)17-23)39(36,37)24-8-6-5-7-9-24/h5-15,17,20H,4,16,18-19H2,1-3H3,(H,31,35)/t20-/m1/s1. The van der Waals surface area contributed by atoms with Gasteiger partial charge in [0.1, 0.15) is 24.2 Å². The smallest absolute Gasteiger partial charge is 0.264 e. The van der Waals surface area contributed by atoms with Crippen LogP contribution in [-0.4, -0.2) is 51.4 Å². The fourth-order valence-corrected chi connectivity index (χ4v) is 5.50. The highest BCUT2D eigenvalue weighted by molar-refractivity contribution is 7.92. The summed E-state index contributed by atoms with van der Waals surface area (Å²) in [5.74, 6) is -1.13. The molecule has 3 aromatic rings. The Balaban J connectivity index is 2.03. The van der Waals surface area contributed by atoms with Crippen LogP contribution >= 0.6 is 11.6 Å². The zero-order valence-electron chi connectivity index (χ0n) is 21.9. The van der Waals surface area contributed by atoms with Crippen LogP contribution in [0.1, 0.15) is 25.8 Å². The molecule has 39 heavy (non-hydrogen) atoms. The van der Waals surface area contributed by atoms with Crippen molar-refractivity contribution in [3.8, 4) is 5.75 Å². The van der Waals surface area contributed by atoms with Gasteiger partial charge in [-0.15, -0.1) is 0 Å². The number of halogens is 2. The molecule has 0 saturated carbocycles. The summed E-state index contributed by atoms with van der Waals surface area (Å²) < 4.78 is 47.2. The molecule has 0 bridgehead atoms. The summed E-state index contributed by atoms with van der Waals surface area (Å²) in [6, 6.07) is 16.7. The van der Waals surface area contributed by atoms with Gasteiger partial charge in [0.2, 0.25) is 11.8 Å². The summed E-state index contributed by atoms with van der Waals surface area (Å²) >= 11 is 6.30. The van der Waals surface area contributed by atoms with Crippen LogP contribution in [0.3, 0.4) is 0 Å². The molecule has 2 amide bonds. The second-order valence-corrected chi connectivity index (χ2v) is 11.0. The first-order valence-electron chi connectivity index (χ1n) is 12.3. The molecule has 1 N–H and O–H groups in total. The molecule has 0 fully saturated rings. The van der Waals surface area contributed by atoms with Gasteiger partial charge < -0.3 is 15.0 Å². The monoisotopic (exact) mass is 575 g/mol. The molecule has 8 nitrogen and oxygen atoms in total. The van der Waals surface area contributed by atoms with Crippen LogP contribution < -0.4 is 14.4 Å². The van der Waals surface area contributed by atoms with Gasteiger partial charge in [-0.2, -0.15) is 0 Å². The number of carbonyl (C=O) groups is 2. The van der Waals surface area contributed by atoms with Gasteiger partial charge in [0.05, 0.1) is 22.7 Å². The van der Waals surface area contributed by atoms with E-state index < -0.39 is 40.2 Å². The van der Waals surface area contributed by atoms with E-state index in [1.807, 2.05) is 6.92 Å². The third-order valence-corrected chi connectivity index (χ3v) is 8.10. The van der Waals surface area contributed by atoms with Crippen molar-refractivity contribution in [1.29, 1.82) is 0 Å². The number of nitrogens with one attached hydrogen (secondary N) is 1. The largest absolute Gasteiger partial charge is 0.495 e. The topological polar surface area (TPSA) is 96.0 Å². The Morgan fingerprint density at radius 1 is 1.05 bits per heavy atom. The van der Waals surface area contributed by atoms with Crippen molar-refractivity contribution in [3.63, 3.8) is 0 Å². The number of benzene rings is 3. The van der Waals surface area contributed by atoms with Crippen LogP contribution in [-0.2, 0) is 26.2 Å². The Hall–Kier alpha value is -3.63. The molecule has 0 radical (unpaired) electrons. The first-order chi connectivity index (χ1) is 18.6. The molecule has 0 unspecified atom stereocenters. The fraction of sp³-hybridized carbons (Fsp3) is 0.286. The van der Waals surface area contributed by atoms with Crippen molar-refractivity contribution in [2.45, 2.75) is 37.8 Å². The summed E-state index contributed by atoms with van der Waals surface area (Å²) in [4.78, 5) is 27.9. The van der Waals surface area contributed by atoms with E-state index in [4.69, 9.17) is 16.3 Å². The molecule has 3 aromatic carbocycles. The third-order valence-electron chi connectivity index (χ3n) is 6.02. The Kier molecular flexibility index (Phi) is 10.3. The summed E-state index contributed by atoms with van der Waals surface area (Å²) in [5.41, 5.74) is 0.715. The molecular formula is C28H31ClFN3O5S. The van der Waals surface area contributed by atoms with Gasteiger partial charge in [0.25, 0.3) is 10.0 Å². The minimum atomic E-state index is -4.22. The molecule has 0 spiro atoms. The van der Waals surface area contributed by atoms with Crippen LogP contribution in [0.4, 0.5) is 10.1 Å². The molecule has 0 aromatic heterocycles. The third kappa shape index (κ3) is 7.48. The van der Waals surface area contributed by atoms with Crippen LogP contribution in [0.2, 0.25) is 5.02 Å². The van der Waals surface area contributed by atoms with Crippen LogP contribution in [0.5, 0.6) is 5.75 Å². The number of amides is 2. The van der Waals surface area contributed by atoms with Gasteiger partial charge in [-0.1, -0.05) is 48.9 Å². The Morgan fingerprint density at radius 2 is 1.72 bits per heavy atom. The maximum Gasteiger partial charge on any atom is 0.264 e. The van der Waals surface area contributed by atoms with Crippen LogP contribution in [0, 0.1) is 5.82 Å². The lowest BCUT2D eigenvalue weighted by Gasteiger charge is -2.32. The molecule has 208 valence electrons. The highest BCUT2D eigenvalue weighted by Crippen LogP contribution is 2.32. The van der Waals surface area contributed by atoms with E-state index in [1.54, 1.807) is 25.1 Å². The first-order valence-corrected chi connectivity index (χ1v) is 14.1. The lowest BCUT2D eigenvalue weighted by molar-refractivity contribution is -0.139. The molecule has 0 aliphatic carbocycles. The Labute approximate surface area is 233 Å². The number of anilines is 1. The normalized spacial score (nSPS) is 11.9. The molecular weight excluding hydrogens is 545 g/mol. The number of nitrogens with zero attached hydrogens (tertiary/aromatic N) is 2. The van der Waals surface area contributed by atoms with Gasteiger partial charge in [-0.05, 0) is 61.4 Å². The van der Waals surface area contributed by atoms with Crippen molar-refractivity contribution >= 4 is 39.1 Å². The number of sulfonamides is 1. The lowest BCUT2D eigenvalue weighted by Crippen LogP contribution is -2.51. The van der Waals surface area contributed by atoms with E-state index in [1.165, 1.54) is 66.6 Å². The van der Waals surface area contributed by atoms with Crippen molar-refractivity contribution in [1.82, 2.24) is 10.2 Å². The molecule has 11 heteroatoms. The molecule has 0 saturated heterocycles. The number of hydrogen-bond acceptors (Lipinski definition) is 5. The lowest BCUT2D eigenvalue weighted by atomic mass is 10.1. The average Bonchev–Trinajstić information content (AvgIpc) is 2.94. The van der Waals surface area contributed by atoms with E-state index in [2.05, 4.69) is 5.32 Å². The van der Waals surface area contributed by atoms with E-state index in [0.29, 0.717) is 24.3 Å². The highest BCUT2D eigenvalue weighted by Gasteiger charge is 2.32. The highest BCUT2D eigenvalue weighted by atomic mass is 35.5. The van der Waals surface area contributed by atoms with Crippen molar-refractivity contribution in [2.24, 2.45) is 0 Å². The minimum absolute atomic E-state index is 0.0245. The molecule has 3 rings (SSSR count). The van der Waals surface area contributed by atoms with Gasteiger partial charge in [-0.3, -0.25) is 13.9 Å². The minimum Gasteiger partial charge on any atom is -0.495 e. The van der Waals surface area contributed by atoms with Crippen molar-refractivity contribution < 1.29 is 27.1 Å². The van der Waals surface area contributed by atoms with Gasteiger partial charge in [-0.25, -0.2) is 12.8 Å². The number of hydrogen-bond donors (Lipinski definition) is 1. The van der Waals surface area contributed by atoms with E-state index in [9.17, 15) is 22.4 Å². The van der Waals surface area contributed by atoms with Gasteiger partial charge >= 0.3 is 0 Å². The molecule has 0 aliphatic heterocycles. The Morgan fingerprint density at radius 3 is 2.31 bits per heavy atom. The van der Waals surface area contributed by atoms with E-state index in [-0.39, 0.29) is 22.2 Å². The molecule has 0 heterocycles. The second-order valence-electron chi connectivity index (χ2n) is 8.76. The number of carbonyl (C=O) groups excluding carboxylic acids is 2. The van der Waals surface area contributed by atoms with E-state index in [0.717, 1.165) is 4.31 Å². The summed E-state index contributed by atoms with van der Waals surface area (Å²) in [6.07, 6.45) is 0.700. The zero-order chi connectivity index (χ0) is 28.6. The first kappa shape index (κ1) is 29.9. The predicted octanol–water partition coefficient (Wildman–Crippen LogP) is 4.63. The maximum absolute atomic E-state index is 13.8. The summed E-state index contributed by atoms with van der Waals surface area (Å²) in [5, 5.41) is 2.93. The number of methoxy groups -OCH3 is 1. The predicted molar refractivity (Wildman–Crippen MR) is 149 cm³/mol. The fourth-order valence-electron chi connectivity index (χ4n) is 3.82. The second kappa shape index (κ2) is 13.4. The summed E-state index contributed by atoms with van der Waals surface area (Å²) in [6.45, 7) is 3.22. The van der Waals surface area contributed by atoms with Gasteiger partial charge in [0, 0.05) is 13.1 Å². The van der Waals surface area contributed by atoms with Crippen LogP contribution in [0.15, 0.2) is 77.7 Å². The van der Waals surface area contributed by atoms with Gasteiger partial charge in [0.15, 0.2) is 0 Å². The van der Waals surface area contributed by atoms with Crippen LogP contribution in [0.25, 0.3) is 0 Å². The summed E-state index contributed by atoms with van der Waals surface area (Å²) in [7, 11) is -2.79. The Bertz CT molecular complexity index is 1390. The quantitative estimate of drug-likeness (QED) is 0.340. The average molecular weight is 576 g/mol. The molecule has 1 atom stereocenters. The van der Waals surface area contributed by atoms with Crippen molar-refractivity contribution in [3.05, 3.63) is 89.2 Å². The maximum atomic E-state index is 13.8.